The van der Waals surface area contributed by atoms with Crippen LogP contribution in [0, 0.1) is 0 Å². The first-order valence-electron chi connectivity index (χ1n) is 9.31. The molecule has 1 aromatic heterocycles. The zero-order chi connectivity index (χ0) is 20.7. The van der Waals surface area contributed by atoms with Crippen LogP contribution in [-0.2, 0) is 9.59 Å². The molecule has 2 aliphatic rings. The smallest absolute Gasteiger partial charge is 0.300 e. The number of nitrogens with zero attached hydrogens (tertiary/aromatic N) is 2. The Morgan fingerprint density at radius 2 is 1.70 bits per heavy atom. The molecule has 0 radical (unpaired) electrons. The summed E-state index contributed by atoms with van der Waals surface area (Å²) in [6.07, 6.45) is 3.17. The summed E-state index contributed by atoms with van der Waals surface area (Å²) in [6, 6.07) is 16.4. The Kier molecular flexibility index (Phi) is 4.21. The molecule has 5 rings (SSSR count). The zero-order valence-electron chi connectivity index (χ0n) is 15.7. The lowest BCUT2D eigenvalue weighted by atomic mass is 9.95. The summed E-state index contributed by atoms with van der Waals surface area (Å²) in [5.74, 6) is -0.702. The Bertz CT molecular complexity index is 1170. The van der Waals surface area contributed by atoms with Gasteiger partial charge >= 0.3 is 0 Å². The lowest BCUT2D eigenvalue weighted by Gasteiger charge is -2.25. The highest BCUT2D eigenvalue weighted by atomic mass is 16.7. The predicted octanol–water partition coefficient (Wildman–Crippen LogP) is 3.44. The van der Waals surface area contributed by atoms with Crippen LogP contribution in [0.5, 0.6) is 11.5 Å². The van der Waals surface area contributed by atoms with E-state index in [9.17, 15) is 14.7 Å². The van der Waals surface area contributed by atoms with Crippen molar-refractivity contribution in [1.82, 2.24) is 4.98 Å². The average molecular weight is 400 g/mol. The second-order valence-electron chi connectivity index (χ2n) is 6.85. The van der Waals surface area contributed by atoms with Crippen molar-refractivity contribution in [2.75, 3.05) is 11.7 Å². The molecule has 1 amide bonds. The summed E-state index contributed by atoms with van der Waals surface area (Å²) in [5, 5.41) is 11.1. The van der Waals surface area contributed by atoms with Crippen LogP contribution in [0.15, 0.2) is 78.6 Å². The van der Waals surface area contributed by atoms with Gasteiger partial charge in [0, 0.05) is 23.6 Å². The third kappa shape index (κ3) is 2.79. The lowest BCUT2D eigenvalue weighted by Crippen LogP contribution is -2.29. The van der Waals surface area contributed by atoms with Gasteiger partial charge in [0.15, 0.2) is 11.5 Å². The number of aliphatic hydroxyl groups excluding tert-OH is 1. The van der Waals surface area contributed by atoms with Crippen LogP contribution in [0.25, 0.3) is 5.76 Å². The fourth-order valence-corrected chi connectivity index (χ4v) is 3.75. The van der Waals surface area contributed by atoms with Crippen LogP contribution in [0.2, 0.25) is 0 Å². The third-order valence-corrected chi connectivity index (χ3v) is 5.15. The van der Waals surface area contributed by atoms with E-state index in [1.807, 2.05) is 6.07 Å². The van der Waals surface area contributed by atoms with Gasteiger partial charge < -0.3 is 14.6 Å². The summed E-state index contributed by atoms with van der Waals surface area (Å²) in [6.45, 7) is 0.0922. The Labute approximate surface area is 171 Å². The molecular weight excluding hydrogens is 384 g/mol. The molecule has 1 N–H and O–H groups in total. The van der Waals surface area contributed by atoms with Crippen LogP contribution < -0.4 is 14.4 Å². The van der Waals surface area contributed by atoms with E-state index in [-0.39, 0.29) is 18.1 Å². The predicted molar refractivity (Wildman–Crippen MR) is 108 cm³/mol. The molecule has 1 saturated heterocycles. The number of ketones is 1. The fourth-order valence-electron chi connectivity index (χ4n) is 3.75. The summed E-state index contributed by atoms with van der Waals surface area (Å²) in [7, 11) is 0. The van der Waals surface area contributed by atoms with Crippen LogP contribution in [0.3, 0.4) is 0 Å². The first-order valence-corrected chi connectivity index (χ1v) is 9.31. The Morgan fingerprint density at radius 1 is 0.967 bits per heavy atom. The second-order valence-corrected chi connectivity index (χ2v) is 6.85. The van der Waals surface area contributed by atoms with E-state index in [2.05, 4.69) is 4.98 Å². The van der Waals surface area contributed by atoms with Gasteiger partial charge in [0.05, 0.1) is 11.6 Å². The van der Waals surface area contributed by atoms with Crippen LogP contribution in [0.4, 0.5) is 5.69 Å². The molecular formula is C23H16N2O5. The molecule has 0 spiro atoms. The largest absolute Gasteiger partial charge is 0.507 e. The normalized spacial score (nSPS) is 19.3. The van der Waals surface area contributed by atoms with Crippen LogP contribution in [-0.4, -0.2) is 28.6 Å². The summed E-state index contributed by atoms with van der Waals surface area (Å²) in [5.41, 5.74) is 1.60. The second kappa shape index (κ2) is 7.04. The third-order valence-electron chi connectivity index (χ3n) is 5.15. The van der Waals surface area contributed by atoms with Crippen LogP contribution in [0.1, 0.15) is 17.2 Å². The van der Waals surface area contributed by atoms with E-state index >= 15 is 0 Å². The molecule has 30 heavy (non-hydrogen) atoms. The number of hydrogen-bond acceptors (Lipinski definition) is 6. The monoisotopic (exact) mass is 400 g/mol. The van der Waals surface area contributed by atoms with E-state index in [0.29, 0.717) is 28.3 Å². The average Bonchev–Trinajstić information content (AvgIpc) is 3.36. The Hall–Kier alpha value is -4.13. The summed E-state index contributed by atoms with van der Waals surface area (Å²) >= 11 is 0. The van der Waals surface area contributed by atoms with Crippen molar-refractivity contribution in [2.45, 2.75) is 6.04 Å². The van der Waals surface area contributed by atoms with Crippen molar-refractivity contribution < 1.29 is 24.2 Å². The minimum atomic E-state index is -0.791. The van der Waals surface area contributed by atoms with Gasteiger partial charge in [-0.2, -0.15) is 0 Å². The zero-order valence-corrected chi connectivity index (χ0v) is 15.7. The van der Waals surface area contributed by atoms with Crippen molar-refractivity contribution >= 4 is 23.1 Å². The quantitative estimate of drug-likeness (QED) is 0.412. The number of para-hydroxylation sites is 1. The van der Waals surface area contributed by atoms with Gasteiger partial charge in [0.25, 0.3) is 11.7 Å². The van der Waals surface area contributed by atoms with E-state index in [1.54, 1.807) is 67.0 Å². The molecule has 0 saturated carbocycles. The number of rotatable bonds is 3. The number of aromatic nitrogens is 1. The van der Waals surface area contributed by atoms with Crippen molar-refractivity contribution in [3.63, 3.8) is 0 Å². The highest BCUT2D eigenvalue weighted by Crippen LogP contribution is 2.43. The van der Waals surface area contributed by atoms with Crippen LogP contribution >= 0.6 is 0 Å². The molecule has 7 nitrogen and oxygen atoms in total. The lowest BCUT2D eigenvalue weighted by molar-refractivity contribution is -0.132. The van der Waals surface area contributed by atoms with E-state index in [4.69, 9.17) is 9.47 Å². The van der Waals surface area contributed by atoms with Crippen molar-refractivity contribution in [3.8, 4) is 11.5 Å². The van der Waals surface area contributed by atoms with Gasteiger partial charge in [-0.25, -0.2) is 0 Å². The number of Topliss-reactive ketones (excluding diaryl/α,β-unsaturated/α-hetero) is 1. The summed E-state index contributed by atoms with van der Waals surface area (Å²) in [4.78, 5) is 31.5. The topological polar surface area (TPSA) is 89.0 Å². The van der Waals surface area contributed by atoms with Gasteiger partial charge in [0.1, 0.15) is 5.76 Å². The molecule has 3 heterocycles. The summed E-state index contributed by atoms with van der Waals surface area (Å²) < 4.78 is 10.7. The van der Waals surface area contributed by atoms with Gasteiger partial charge in [-0.1, -0.05) is 18.2 Å². The van der Waals surface area contributed by atoms with Crippen molar-refractivity contribution in [2.24, 2.45) is 0 Å². The molecule has 1 atom stereocenters. The first kappa shape index (κ1) is 17.9. The maximum absolute atomic E-state index is 13.0. The Morgan fingerprint density at radius 3 is 2.47 bits per heavy atom. The number of hydrogen-bond donors (Lipinski definition) is 1. The van der Waals surface area contributed by atoms with E-state index < -0.39 is 17.7 Å². The number of carbonyl (C=O) groups excluding carboxylic acids is 2. The standard InChI is InChI=1S/C23H16N2O5/c26-21(15-6-7-17-18(12-15)30-13-29-17)19-20(14-8-10-24-11-9-14)25(23(28)22(19)27)16-4-2-1-3-5-16/h1-12,20,26H,13H2/b21-19-. The highest BCUT2D eigenvalue weighted by Gasteiger charge is 2.47. The minimum absolute atomic E-state index is 0.00826. The highest BCUT2D eigenvalue weighted by molar-refractivity contribution is 6.51. The fraction of sp³-hybridized carbons (Fsp3) is 0.0870. The number of pyridine rings is 1. The molecule has 148 valence electrons. The Balaban J connectivity index is 1.70. The molecule has 2 aliphatic heterocycles. The number of benzene rings is 2. The molecule has 7 heteroatoms. The number of carbonyl (C=O) groups is 2. The maximum Gasteiger partial charge on any atom is 0.300 e. The number of ether oxygens (including phenoxy) is 2. The number of anilines is 1. The van der Waals surface area contributed by atoms with Gasteiger partial charge in [0.2, 0.25) is 6.79 Å². The number of amides is 1. The van der Waals surface area contributed by atoms with Gasteiger partial charge in [-0.05, 0) is 48.0 Å². The molecule has 1 unspecified atom stereocenters. The molecule has 2 aromatic carbocycles. The van der Waals surface area contributed by atoms with E-state index in [0.717, 1.165) is 0 Å². The molecule has 3 aromatic rings. The first-order chi connectivity index (χ1) is 14.6. The van der Waals surface area contributed by atoms with Gasteiger partial charge in [-0.3, -0.25) is 19.5 Å². The number of fused-ring (bicyclic) bond motifs is 1. The van der Waals surface area contributed by atoms with E-state index in [1.165, 1.54) is 4.90 Å². The minimum Gasteiger partial charge on any atom is -0.507 e. The molecule has 1 fully saturated rings. The molecule has 0 bridgehead atoms. The maximum atomic E-state index is 13.0. The van der Waals surface area contributed by atoms with Crippen molar-refractivity contribution in [3.05, 3.63) is 89.8 Å². The van der Waals surface area contributed by atoms with Gasteiger partial charge in [-0.15, -0.1) is 0 Å². The SMILES string of the molecule is O=C1C(=O)N(c2ccccc2)C(c2ccncc2)/C1=C(/O)c1ccc2c(c1)OCO2. The number of aliphatic hydroxyl groups is 1. The van der Waals surface area contributed by atoms with Crippen molar-refractivity contribution in [1.29, 1.82) is 0 Å². The molecule has 0 aliphatic carbocycles.